The van der Waals surface area contributed by atoms with Gasteiger partial charge in [-0.2, -0.15) is 0 Å². The third-order valence-corrected chi connectivity index (χ3v) is 2.49. The fourth-order valence-corrected chi connectivity index (χ4v) is 1.35. The van der Waals surface area contributed by atoms with Gasteiger partial charge in [-0.1, -0.05) is 12.1 Å². The number of hydrogen-bond acceptors (Lipinski definition) is 2. The molecule has 0 spiro atoms. The van der Waals surface area contributed by atoms with Crippen LogP contribution in [-0.4, -0.2) is 17.8 Å². The van der Waals surface area contributed by atoms with Gasteiger partial charge in [0.15, 0.2) is 0 Å². The molecule has 1 N–H and O–H groups in total. The van der Waals surface area contributed by atoms with Gasteiger partial charge in [0.2, 0.25) is 0 Å². The van der Waals surface area contributed by atoms with E-state index in [-0.39, 0.29) is 11.4 Å². The van der Waals surface area contributed by atoms with Crippen LogP contribution in [0.2, 0.25) is 0 Å². The first kappa shape index (κ1) is 12.1. The minimum Gasteiger partial charge on any atom is -0.388 e. The van der Waals surface area contributed by atoms with Crippen LogP contribution in [0.3, 0.4) is 0 Å². The fraction of sp³-hybridized carbons (Fsp3) is 0.500. The molecule has 3 heteroatoms. The second kappa shape index (κ2) is 4.73. The average Bonchev–Trinajstić information content (AvgIpc) is 2.18. The van der Waals surface area contributed by atoms with Crippen LogP contribution in [0, 0.1) is 5.82 Å². The van der Waals surface area contributed by atoms with Gasteiger partial charge >= 0.3 is 0 Å². The maximum absolute atomic E-state index is 12.6. The summed E-state index contributed by atoms with van der Waals surface area (Å²) in [6.07, 6.45) is -0.143. The maximum atomic E-state index is 12.6. The maximum Gasteiger partial charge on any atom is 0.123 e. The molecule has 2 nitrogen and oxygen atoms in total. The normalized spacial score (nSPS) is 13.9. The van der Waals surface area contributed by atoms with E-state index in [2.05, 4.69) is 0 Å². The van der Waals surface area contributed by atoms with E-state index in [1.165, 1.54) is 12.1 Å². The van der Waals surface area contributed by atoms with Crippen LogP contribution in [0.5, 0.6) is 0 Å². The summed E-state index contributed by atoms with van der Waals surface area (Å²) in [6, 6.07) is 5.87. The highest BCUT2D eigenvalue weighted by Gasteiger charge is 2.22. The number of benzene rings is 1. The van der Waals surface area contributed by atoms with Gasteiger partial charge in [-0.3, -0.25) is 0 Å². The first-order chi connectivity index (χ1) is 6.94. The summed E-state index contributed by atoms with van der Waals surface area (Å²) in [7, 11) is 1.61. The molecule has 0 heterocycles. The smallest absolute Gasteiger partial charge is 0.123 e. The predicted molar refractivity (Wildman–Crippen MR) is 57.1 cm³/mol. The third kappa shape index (κ3) is 3.61. The van der Waals surface area contributed by atoms with Crippen molar-refractivity contribution in [2.24, 2.45) is 0 Å². The van der Waals surface area contributed by atoms with Gasteiger partial charge in [0.05, 0.1) is 11.7 Å². The van der Waals surface area contributed by atoms with E-state index in [0.717, 1.165) is 0 Å². The van der Waals surface area contributed by atoms with Crippen molar-refractivity contribution in [2.45, 2.75) is 32.0 Å². The zero-order chi connectivity index (χ0) is 11.5. The molecule has 0 saturated heterocycles. The van der Waals surface area contributed by atoms with Crippen LogP contribution in [0.25, 0.3) is 0 Å². The molecule has 0 aliphatic rings. The first-order valence-electron chi connectivity index (χ1n) is 4.93. The summed E-state index contributed by atoms with van der Waals surface area (Å²) in [5.74, 6) is -0.294. The van der Waals surface area contributed by atoms with Gasteiger partial charge in [-0.25, -0.2) is 4.39 Å². The van der Waals surface area contributed by atoms with Gasteiger partial charge in [-0.15, -0.1) is 0 Å². The summed E-state index contributed by atoms with van der Waals surface area (Å²) < 4.78 is 17.9. The summed E-state index contributed by atoms with van der Waals surface area (Å²) >= 11 is 0. The van der Waals surface area contributed by atoms with E-state index in [9.17, 15) is 9.50 Å². The van der Waals surface area contributed by atoms with Crippen molar-refractivity contribution in [3.05, 3.63) is 35.6 Å². The Bertz CT molecular complexity index is 306. The zero-order valence-electron chi connectivity index (χ0n) is 9.33. The number of hydrogen-bond donors (Lipinski definition) is 1. The molecular formula is C12H17FO2. The van der Waals surface area contributed by atoms with Crippen molar-refractivity contribution in [2.75, 3.05) is 7.11 Å². The number of aliphatic hydroxyl groups is 1. The van der Waals surface area contributed by atoms with E-state index in [4.69, 9.17) is 4.74 Å². The molecule has 0 amide bonds. The highest BCUT2D eigenvalue weighted by molar-refractivity contribution is 5.18. The molecule has 84 valence electrons. The van der Waals surface area contributed by atoms with E-state index < -0.39 is 6.10 Å². The molecule has 0 aliphatic carbocycles. The topological polar surface area (TPSA) is 29.5 Å². The Morgan fingerprint density at radius 2 is 1.87 bits per heavy atom. The monoisotopic (exact) mass is 212 g/mol. The molecule has 1 atom stereocenters. The van der Waals surface area contributed by atoms with Crippen LogP contribution < -0.4 is 0 Å². The minimum absolute atomic E-state index is 0.294. The van der Waals surface area contributed by atoms with Gasteiger partial charge in [0.1, 0.15) is 5.82 Å². The van der Waals surface area contributed by atoms with Crippen molar-refractivity contribution in [1.82, 2.24) is 0 Å². The van der Waals surface area contributed by atoms with E-state index >= 15 is 0 Å². The molecule has 0 aliphatic heterocycles. The molecule has 1 rings (SSSR count). The SMILES string of the molecule is COC(C)(C)CC(O)c1ccc(F)cc1. The molecule has 0 radical (unpaired) electrons. The number of aliphatic hydroxyl groups excluding tert-OH is 1. The van der Waals surface area contributed by atoms with Crippen LogP contribution in [-0.2, 0) is 4.74 Å². The van der Waals surface area contributed by atoms with E-state index in [0.29, 0.717) is 12.0 Å². The van der Waals surface area contributed by atoms with Crippen LogP contribution in [0.1, 0.15) is 31.9 Å². The Labute approximate surface area is 89.7 Å². The Morgan fingerprint density at radius 1 is 1.33 bits per heavy atom. The first-order valence-corrected chi connectivity index (χ1v) is 4.93. The average molecular weight is 212 g/mol. The van der Waals surface area contributed by atoms with Crippen molar-refractivity contribution >= 4 is 0 Å². The van der Waals surface area contributed by atoms with Crippen LogP contribution in [0.15, 0.2) is 24.3 Å². The standard InChI is InChI=1S/C12H17FO2/c1-12(2,15-3)8-11(14)9-4-6-10(13)7-5-9/h4-7,11,14H,8H2,1-3H3. The van der Waals surface area contributed by atoms with Gasteiger partial charge < -0.3 is 9.84 Å². The van der Waals surface area contributed by atoms with Gasteiger partial charge in [-0.05, 0) is 31.5 Å². The van der Waals surface area contributed by atoms with Crippen molar-refractivity contribution in [1.29, 1.82) is 0 Å². The second-order valence-corrected chi connectivity index (χ2v) is 4.24. The Morgan fingerprint density at radius 3 is 2.33 bits per heavy atom. The third-order valence-electron chi connectivity index (χ3n) is 2.49. The largest absolute Gasteiger partial charge is 0.388 e. The number of methoxy groups -OCH3 is 1. The summed E-state index contributed by atoms with van der Waals surface area (Å²) in [6.45, 7) is 3.81. The highest BCUT2D eigenvalue weighted by Crippen LogP contribution is 2.25. The molecule has 15 heavy (non-hydrogen) atoms. The summed E-state index contributed by atoms with van der Waals surface area (Å²) in [5, 5.41) is 9.88. The molecule has 0 fully saturated rings. The van der Waals surface area contributed by atoms with Gasteiger partial charge in [0, 0.05) is 13.5 Å². The lowest BCUT2D eigenvalue weighted by Gasteiger charge is -2.25. The Balaban J connectivity index is 2.69. The molecule has 0 bridgehead atoms. The van der Waals surface area contributed by atoms with Crippen molar-refractivity contribution in [3.63, 3.8) is 0 Å². The number of ether oxygens (including phenoxy) is 1. The van der Waals surface area contributed by atoms with Crippen molar-refractivity contribution < 1.29 is 14.2 Å². The van der Waals surface area contributed by atoms with Crippen LogP contribution >= 0.6 is 0 Å². The minimum atomic E-state index is -0.624. The second-order valence-electron chi connectivity index (χ2n) is 4.24. The zero-order valence-corrected chi connectivity index (χ0v) is 9.33. The Kier molecular flexibility index (Phi) is 3.83. The quantitative estimate of drug-likeness (QED) is 0.831. The molecule has 1 unspecified atom stereocenters. The van der Waals surface area contributed by atoms with Crippen LogP contribution in [0.4, 0.5) is 4.39 Å². The molecule has 0 aromatic heterocycles. The highest BCUT2D eigenvalue weighted by atomic mass is 19.1. The molecule has 0 saturated carbocycles. The summed E-state index contributed by atoms with van der Waals surface area (Å²) in [5.41, 5.74) is 0.329. The lowest BCUT2D eigenvalue weighted by molar-refractivity contribution is -0.0201. The molecular weight excluding hydrogens is 195 g/mol. The molecule has 1 aromatic rings. The predicted octanol–water partition coefficient (Wildman–Crippen LogP) is 2.67. The Hall–Kier alpha value is -0.930. The van der Waals surface area contributed by atoms with Crippen molar-refractivity contribution in [3.8, 4) is 0 Å². The molecule has 1 aromatic carbocycles. The fourth-order valence-electron chi connectivity index (χ4n) is 1.35. The summed E-state index contributed by atoms with van der Waals surface area (Å²) in [4.78, 5) is 0. The van der Waals surface area contributed by atoms with E-state index in [1.807, 2.05) is 13.8 Å². The van der Waals surface area contributed by atoms with Gasteiger partial charge in [0.25, 0.3) is 0 Å². The number of halogens is 1. The van der Waals surface area contributed by atoms with E-state index in [1.54, 1.807) is 19.2 Å². The number of rotatable bonds is 4. The lowest BCUT2D eigenvalue weighted by atomic mass is 9.96. The lowest BCUT2D eigenvalue weighted by Crippen LogP contribution is -2.25.